The zero-order chi connectivity index (χ0) is 12.8. The molecule has 2 aromatic rings. The van der Waals surface area contributed by atoms with E-state index >= 15 is 0 Å². The fourth-order valence-electron chi connectivity index (χ4n) is 1.44. The lowest BCUT2D eigenvalue weighted by Gasteiger charge is -2.07. The average molecular weight is 245 g/mol. The van der Waals surface area contributed by atoms with E-state index in [9.17, 15) is 0 Å². The van der Waals surface area contributed by atoms with E-state index < -0.39 is 0 Å². The maximum absolute atomic E-state index is 5.07. The van der Waals surface area contributed by atoms with Crippen molar-refractivity contribution in [1.29, 1.82) is 0 Å². The fourth-order valence-corrected chi connectivity index (χ4v) is 1.44. The predicted octanol–water partition coefficient (Wildman–Crippen LogP) is 1.53. The lowest BCUT2D eigenvalue weighted by atomic mass is 10.2. The van der Waals surface area contributed by atoms with E-state index in [4.69, 9.17) is 4.74 Å². The molecule has 0 bridgehead atoms. The molecule has 0 aliphatic rings. The van der Waals surface area contributed by atoms with Crippen molar-refractivity contribution in [3.63, 3.8) is 0 Å². The average Bonchev–Trinajstić information content (AvgIpc) is 2.45. The number of nitrogens with one attached hydrogen (secondary N) is 2. The molecule has 0 radical (unpaired) electrons. The molecule has 6 heteroatoms. The molecule has 6 nitrogen and oxygen atoms in total. The highest BCUT2D eigenvalue weighted by Crippen LogP contribution is 2.11. The van der Waals surface area contributed by atoms with Gasteiger partial charge in [-0.05, 0) is 11.6 Å². The van der Waals surface area contributed by atoms with E-state index in [1.807, 2.05) is 19.2 Å². The van der Waals surface area contributed by atoms with Gasteiger partial charge in [0.25, 0.3) is 0 Å². The van der Waals surface area contributed by atoms with Gasteiger partial charge < -0.3 is 15.4 Å². The molecular formula is C12H15N5O. The van der Waals surface area contributed by atoms with Crippen molar-refractivity contribution >= 4 is 11.6 Å². The molecule has 0 fully saturated rings. The first-order chi connectivity index (χ1) is 8.81. The molecule has 2 aromatic heterocycles. The third-order valence-electron chi connectivity index (χ3n) is 2.37. The summed E-state index contributed by atoms with van der Waals surface area (Å²) in [7, 11) is 3.41. The van der Waals surface area contributed by atoms with Crippen LogP contribution in [0.1, 0.15) is 5.56 Å². The smallest absolute Gasteiger partial charge is 0.213 e. The summed E-state index contributed by atoms with van der Waals surface area (Å²) in [4.78, 5) is 12.4. The number of pyridine rings is 1. The van der Waals surface area contributed by atoms with Crippen molar-refractivity contribution in [2.45, 2.75) is 6.54 Å². The minimum absolute atomic E-state index is 0.601. The Morgan fingerprint density at radius 3 is 2.89 bits per heavy atom. The highest BCUT2D eigenvalue weighted by molar-refractivity contribution is 5.41. The zero-order valence-corrected chi connectivity index (χ0v) is 10.3. The van der Waals surface area contributed by atoms with Crippen LogP contribution in [0.3, 0.4) is 0 Å². The van der Waals surface area contributed by atoms with Gasteiger partial charge in [-0.15, -0.1) is 0 Å². The summed E-state index contributed by atoms with van der Waals surface area (Å²) in [5.74, 6) is 2.05. The minimum Gasteiger partial charge on any atom is -0.481 e. The lowest BCUT2D eigenvalue weighted by Crippen LogP contribution is -2.04. The number of ether oxygens (including phenoxy) is 1. The number of methoxy groups -OCH3 is 1. The Morgan fingerprint density at radius 2 is 2.11 bits per heavy atom. The van der Waals surface area contributed by atoms with Gasteiger partial charge in [0.15, 0.2) is 0 Å². The van der Waals surface area contributed by atoms with Crippen molar-refractivity contribution in [3.05, 3.63) is 36.3 Å². The van der Waals surface area contributed by atoms with Gasteiger partial charge >= 0.3 is 0 Å². The summed E-state index contributed by atoms with van der Waals surface area (Å²) in [6.07, 6.45) is 5.06. The third-order valence-corrected chi connectivity index (χ3v) is 2.37. The Bertz CT molecular complexity index is 470. The summed E-state index contributed by atoms with van der Waals surface area (Å²) in [6.45, 7) is 0.640. The topological polar surface area (TPSA) is 72.0 Å². The molecule has 18 heavy (non-hydrogen) atoms. The van der Waals surface area contributed by atoms with Gasteiger partial charge in [0, 0.05) is 25.9 Å². The van der Waals surface area contributed by atoms with Crippen LogP contribution in [0.25, 0.3) is 0 Å². The Labute approximate surface area is 105 Å². The lowest BCUT2D eigenvalue weighted by molar-refractivity contribution is 0.397. The van der Waals surface area contributed by atoms with E-state index in [2.05, 4.69) is 25.6 Å². The van der Waals surface area contributed by atoms with E-state index in [1.165, 1.54) is 0 Å². The van der Waals surface area contributed by atoms with Crippen LogP contribution >= 0.6 is 0 Å². The van der Waals surface area contributed by atoms with E-state index in [0.717, 1.165) is 17.2 Å². The number of aromatic nitrogens is 3. The molecule has 0 atom stereocenters. The second-order valence-corrected chi connectivity index (χ2v) is 3.60. The normalized spacial score (nSPS) is 9.89. The van der Waals surface area contributed by atoms with Crippen LogP contribution in [0.15, 0.2) is 30.7 Å². The van der Waals surface area contributed by atoms with Gasteiger partial charge in [-0.1, -0.05) is 0 Å². The van der Waals surface area contributed by atoms with Gasteiger partial charge in [0.2, 0.25) is 5.88 Å². The Kier molecular flexibility index (Phi) is 3.90. The van der Waals surface area contributed by atoms with Crippen molar-refractivity contribution in [1.82, 2.24) is 15.0 Å². The molecule has 0 aliphatic heterocycles. The summed E-state index contributed by atoms with van der Waals surface area (Å²) in [6, 6.07) is 3.80. The Morgan fingerprint density at radius 1 is 1.28 bits per heavy atom. The standard InChI is InChI=1S/C12H15N5O/c1-13-10-7-14-8-11(17-10)16-6-9-3-4-15-12(5-9)18-2/h3-5,7-8H,6H2,1-2H3,(H2,13,16,17). The first-order valence-electron chi connectivity index (χ1n) is 5.54. The Hall–Kier alpha value is -2.37. The largest absolute Gasteiger partial charge is 0.481 e. The van der Waals surface area contributed by atoms with Crippen molar-refractivity contribution in [3.8, 4) is 5.88 Å². The second kappa shape index (κ2) is 5.81. The van der Waals surface area contributed by atoms with E-state index in [1.54, 1.807) is 25.7 Å². The molecule has 2 rings (SSSR count). The van der Waals surface area contributed by atoms with E-state index in [-0.39, 0.29) is 0 Å². The number of rotatable bonds is 5. The second-order valence-electron chi connectivity index (χ2n) is 3.60. The molecule has 0 aromatic carbocycles. The van der Waals surface area contributed by atoms with Crippen molar-refractivity contribution < 1.29 is 4.74 Å². The van der Waals surface area contributed by atoms with Crippen LogP contribution in [0.5, 0.6) is 5.88 Å². The molecule has 0 amide bonds. The van der Waals surface area contributed by atoms with Crippen LogP contribution in [0.2, 0.25) is 0 Å². The van der Waals surface area contributed by atoms with Crippen LogP contribution in [-0.4, -0.2) is 29.1 Å². The molecule has 0 spiro atoms. The van der Waals surface area contributed by atoms with Crippen molar-refractivity contribution in [2.24, 2.45) is 0 Å². The molecular weight excluding hydrogens is 230 g/mol. The van der Waals surface area contributed by atoms with Gasteiger partial charge in [0.1, 0.15) is 11.6 Å². The van der Waals surface area contributed by atoms with Crippen molar-refractivity contribution in [2.75, 3.05) is 24.8 Å². The van der Waals surface area contributed by atoms with Crippen LogP contribution < -0.4 is 15.4 Å². The summed E-state index contributed by atoms with van der Waals surface area (Å²) < 4.78 is 5.07. The maximum atomic E-state index is 5.07. The highest BCUT2D eigenvalue weighted by atomic mass is 16.5. The summed E-state index contributed by atoms with van der Waals surface area (Å²) >= 11 is 0. The first kappa shape index (κ1) is 12.1. The number of anilines is 2. The molecule has 0 saturated carbocycles. The van der Waals surface area contributed by atoms with Crippen LogP contribution in [-0.2, 0) is 6.54 Å². The van der Waals surface area contributed by atoms with Crippen LogP contribution in [0, 0.1) is 0 Å². The predicted molar refractivity (Wildman–Crippen MR) is 69.7 cm³/mol. The van der Waals surface area contributed by atoms with Gasteiger partial charge in [-0.25, -0.2) is 9.97 Å². The summed E-state index contributed by atoms with van der Waals surface area (Å²) in [5, 5.41) is 6.13. The van der Waals surface area contributed by atoms with Gasteiger partial charge in [-0.3, -0.25) is 4.98 Å². The minimum atomic E-state index is 0.601. The SMILES string of the molecule is CNc1cncc(NCc2ccnc(OC)c2)n1. The first-order valence-corrected chi connectivity index (χ1v) is 5.54. The number of hydrogen-bond donors (Lipinski definition) is 2. The monoisotopic (exact) mass is 245 g/mol. The number of hydrogen-bond acceptors (Lipinski definition) is 6. The molecule has 2 heterocycles. The fraction of sp³-hybridized carbons (Fsp3) is 0.250. The van der Waals surface area contributed by atoms with Crippen LogP contribution in [0.4, 0.5) is 11.6 Å². The van der Waals surface area contributed by atoms with Gasteiger partial charge in [0.05, 0.1) is 19.5 Å². The van der Waals surface area contributed by atoms with Gasteiger partial charge in [-0.2, -0.15) is 0 Å². The third kappa shape index (κ3) is 3.07. The van der Waals surface area contributed by atoms with E-state index in [0.29, 0.717) is 12.4 Å². The molecule has 0 aliphatic carbocycles. The maximum Gasteiger partial charge on any atom is 0.213 e. The molecule has 94 valence electrons. The zero-order valence-electron chi connectivity index (χ0n) is 10.3. The summed E-state index contributed by atoms with van der Waals surface area (Å²) in [5.41, 5.74) is 1.07. The molecule has 0 saturated heterocycles. The number of nitrogens with zero attached hydrogens (tertiary/aromatic N) is 3. The Balaban J connectivity index is 2.01. The quantitative estimate of drug-likeness (QED) is 0.832. The molecule has 0 unspecified atom stereocenters. The molecule has 2 N–H and O–H groups in total. The highest BCUT2D eigenvalue weighted by Gasteiger charge is 1.99.